The molecule has 0 N–H and O–H groups in total. The van der Waals surface area contributed by atoms with Crippen molar-refractivity contribution in [2.45, 2.75) is 57.9 Å². The van der Waals surface area contributed by atoms with E-state index in [4.69, 9.17) is 0 Å². The average Bonchev–Trinajstić information content (AvgIpc) is 3.30. The van der Waals surface area contributed by atoms with Crippen LogP contribution in [0.25, 0.3) is 0 Å². The molecule has 0 bridgehead atoms. The molecule has 0 amide bonds. The normalized spacial score (nSPS) is 24.0. The van der Waals surface area contributed by atoms with Crippen molar-refractivity contribution >= 4 is 10.0 Å². The summed E-state index contributed by atoms with van der Waals surface area (Å²) in [6.45, 7) is 11.3. The molecule has 142 valence electrons. The fraction of sp³-hybridized carbons (Fsp3) is 0.833. The zero-order valence-corrected chi connectivity index (χ0v) is 17.0. The second-order valence-electron chi connectivity index (χ2n) is 8.09. The maximum atomic E-state index is 13.4. The minimum absolute atomic E-state index is 0.287. The van der Waals surface area contributed by atoms with Gasteiger partial charge in [0, 0.05) is 32.7 Å². The first-order valence-corrected chi connectivity index (χ1v) is 10.9. The van der Waals surface area contributed by atoms with Gasteiger partial charge in [-0.1, -0.05) is 13.8 Å². The van der Waals surface area contributed by atoms with E-state index in [0.717, 1.165) is 31.1 Å². The molecule has 2 fully saturated rings. The monoisotopic (exact) mass is 368 g/mol. The quantitative estimate of drug-likeness (QED) is 0.799. The topological polar surface area (TPSA) is 58.4 Å². The second kappa shape index (κ2) is 7.00. The fourth-order valence-corrected chi connectivity index (χ4v) is 5.89. The van der Waals surface area contributed by atoms with Gasteiger partial charge in [0.1, 0.15) is 4.90 Å². The number of hydrogen-bond donors (Lipinski definition) is 0. The van der Waals surface area contributed by atoms with E-state index < -0.39 is 10.0 Å². The third-order valence-corrected chi connectivity index (χ3v) is 7.83. The highest BCUT2D eigenvalue weighted by Crippen LogP contribution is 2.33. The van der Waals surface area contributed by atoms with E-state index in [1.807, 2.05) is 6.92 Å². The van der Waals surface area contributed by atoms with Crippen LogP contribution in [-0.4, -0.2) is 59.6 Å². The summed E-state index contributed by atoms with van der Waals surface area (Å²) in [4.78, 5) is 2.94. The third-order valence-electron chi connectivity index (χ3n) is 5.71. The molecule has 1 saturated heterocycles. The summed E-state index contributed by atoms with van der Waals surface area (Å²) in [6, 6.07) is 0.287. The highest BCUT2D eigenvalue weighted by molar-refractivity contribution is 7.89. The number of rotatable bonds is 5. The van der Waals surface area contributed by atoms with Crippen LogP contribution in [0.15, 0.2) is 4.90 Å². The summed E-state index contributed by atoms with van der Waals surface area (Å²) in [5.41, 5.74) is 1.32. The molecule has 1 aromatic rings. The molecule has 0 radical (unpaired) electrons. The summed E-state index contributed by atoms with van der Waals surface area (Å²) in [5.74, 6) is 1.26. The van der Waals surface area contributed by atoms with Crippen molar-refractivity contribution in [1.82, 2.24) is 19.0 Å². The Hall–Kier alpha value is -0.920. The fourth-order valence-electron chi connectivity index (χ4n) is 4.00. The lowest BCUT2D eigenvalue weighted by Crippen LogP contribution is -2.46. The lowest BCUT2D eigenvalue weighted by Gasteiger charge is -2.34. The van der Waals surface area contributed by atoms with Crippen LogP contribution in [-0.2, 0) is 17.1 Å². The Morgan fingerprint density at radius 3 is 2.40 bits per heavy atom. The van der Waals surface area contributed by atoms with Crippen LogP contribution in [0.2, 0.25) is 0 Å². The number of nitrogens with zero attached hydrogens (tertiary/aromatic N) is 4. The Morgan fingerprint density at radius 2 is 1.88 bits per heavy atom. The molecule has 1 aliphatic heterocycles. The van der Waals surface area contributed by atoms with Crippen molar-refractivity contribution in [3.05, 3.63) is 11.4 Å². The molecule has 3 rings (SSSR count). The van der Waals surface area contributed by atoms with E-state index in [0.29, 0.717) is 29.6 Å². The van der Waals surface area contributed by atoms with Crippen molar-refractivity contribution in [3.8, 4) is 0 Å². The van der Waals surface area contributed by atoms with Crippen molar-refractivity contribution in [2.75, 3.05) is 26.2 Å². The Bertz CT molecular complexity index is 722. The van der Waals surface area contributed by atoms with E-state index in [1.165, 1.54) is 12.8 Å². The van der Waals surface area contributed by atoms with Crippen LogP contribution in [0.1, 0.15) is 44.5 Å². The molecule has 0 spiro atoms. The molecule has 1 aromatic heterocycles. The predicted molar refractivity (Wildman–Crippen MR) is 99.0 cm³/mol. The van der Waals surface area contributed by atoms with Gasteiger partial charge >= 0.3 is 0 Å². The van der Waals surface area contributed by atoms with Gasteiger partial charge in [0.15, 0.2) is 0 Å². The van der Waals surface area contributed by atoms with Crippen LogP contribution in [0.3, 0.4) is 0 Å². The Balaban J connectivity index is 1.88. The summed E-state index contributed by atoms with van der Waals surface area (Å²) in [5, 5.41) is 4.31. The highest BCUT2D eigenvalue weighted by atomic mass is 32.2. The van der Waals surface area contributed by atoms with Crippen LogP contribution in [0.4, 0.5) is 0 Å². The van der Waals surface area contributed by atoms with Crippen molar-refractivity contribution < 1.29 is 8.42 Å². The molecular weight excluding hydrogens is 336 g/mol. The average molecular weight is 369 g/mol. The zero-order valence-electron chi connectivity index (χ0n) is 16.2. The molecule has 25 heavy (non-hydrogen) atoms. The van der Waals surface area contributed by atoms with Gasteiger partial charge in [-0.05, 0) is 51.5 Å². The lowest BCUT2D eigenvalue weighted by atomic mass is 10.0. The van der Waals surface area contributed by atoms with E-state index in [9.17, 15) is 8.42 Å². The van der Waals surface area contributed by atoms with Gasteiger partial charge in [-0.2, -0.15) is 9.40 Å². The largest absolute Gasteiger partial charge is 0.298 e. The molecule has 1 atom stereocenters. The van der Waals surface area contributed by atoms with Gasteiger partial charge in [0.2, 0.25) is 10.0 Å². The van der Waals surface area contributed by atoms with E-state index in [1.54, 1.807) is 23.0 Å². The number of hydrogen-bond acceptors (Lipinski definition) is 4. The standard InChI is InChI=1S/C18H32N4O2S/c1-13(2)17-12-22(10-6-9-21(17)11-16-7-8-16)25(23,24)18-14(3)19-20(5)15(18)4/h13,16-17H,6-12H2,1-5H3/t17-/m1/s1. The summed E-state index contributed by atoms with van der Waals surface area (Å²) >= 11 is 0. The first-order chi connectivity index (χ1) is 11.7. The van der Waals surface area contributed by atoms with Crippen LogP contribution in [0.5, 0.6) is 0 Å². The molecular formula is C18H32N4O2S. The Morgan fingerprint density at radius 1 is 1.20 bits per heavy atom. The van der Waals surface area contributed by atoms with Gasteiger partial charge in [-0.3, -0.25) is 9.58 Å². The summed E-state index contributed by atoms with van der Waals surface area (Å²) in [6.07, 6.45) is 3.56. The van der Waals surface area contributed by atoms with Gasteiger partial charge < -0.3 is 0 Å². The molecule has 0 unspecified atom stereocenters. The predicted octanol–water partition coefficient (Wildman–Crippen LogP) is 2.17. The van der Waals surface area contributed by atoms with Gasteiger partial charge in [-0.25, -0.2) is 8.42 Å². The highest BCUT2D eigenvalue weighted by Gasteiger charge is 2.37. The van der Waals surface area contributed by atoms with Crippen LogP contribution >= 0.6 is 0 Å². The zero-order chi connectivity index (χ0) is 18.4. The first-order valence-electron chi connectivity index (χ1n) is 9.46. The first kappa shape index (κ1) is 18.9. The molecule has 6 nitrogen and oxygen atoms in total. The minimum atomic E-state index is -3.51. The van der Waals surface area contributed by atoms with E-state index in [-0.39, 0.29) is 6.04 Å². The molecule has 7 heteroatoms. The third kappa shape index (κ3) is 3.78. The number of sulfonamides is 1. The van der Waals surface area contributed by atoms with E-state index in [2.05, 4.69) is 23.8 Å². The molecule has 1 aliphatic carbocycles. The summed E-state index contributed by atoms with van der Waals surface area (Å²) in [7, 11) is -1.70. The molecule has 1 saturated carbocycles. The smallest absolute Gasteiger partial charge is 0.246 e. The summed E-state index contributed by atoms with van der Waals surface area (Å²) < 4.78 is 30.1. The number of aryl methyl sites for hydroxylation is 2. The van der Waals surface area contributed by atoms with Crippen molar-refractivity contribution in [1.29, 1.82) is 0 Å². The number of aromatic nitrogens is 2. The van der Waals surface area contributed by atoms with Gasteiger partial charge in [0.05, 0.1) is 11.4 Å². The van der Waals surface area contributed by atoms with E-state index >= 15 is 0 Å². The van der Waals surface area contributed by atoms with Gasteiger partial charge in [-0.15, -0.1) is 0 Å². The minimum Gasteiger partial charge on any atom is -0.298 e. The Labute approximate surface area is 152 Å². The SMILES string of the molecule is Cc1nn(C)c(C)c1S(=O)(=O)N1CCCN(CC2CC2)[C@@H](C(C)C)C1. The van der Waals surface area contributed by atoms with Gasteiger partial charge in [0.25, 0.3) is 0 Å². The Kier molecular flexibility index (Phi) is 5.28. The van der Waals surface area contributed by atoms with Crippen LogP contribution in [0, 0.1) is 25.7 Å². The maximum absolute atomic E-state index is 13.4. The maximum Gasteiger partial charge on any atom is 0.246 e. The van der Waals surface area contributed by atoms with Crippen LogP contribution < -0.4 is 0 Å². The lowest BCUT2D eigenvalue weighted by molar-refractivity contribution is 0.150. The molecule has 2 heterocycles. The second-order valence-corrected chi connectivity index (χ2v) is 9.96. The van der Waals surface area contributed by atoms with Crippen molar-refractivity contribution in [2.24, 2.45) is 18.9 Å². The van der Waals surface area contributed by atoms with Crippen molar-refractivity contribution in [3.63, 3.8) is 0 Å². The molecule has 2 aliphatic rings. The molecule has 0 aromatic carbocycles.